The molecule has 0 aliphatic heterocycles. The van der Waals surface area contributed by atoms with Crippen molar-refractivity contribution in [3.8, 4) is 33.6 Å². The van der Waals surface area contributed by atoms with E-state index in [0.717, 1.165) is 0 Å². The third-order valence-electron chi connectivity index (χ3n) is 2.96. The first-order valence-corrected chi connectivity index (χ1v) is 7.26. The molecule has 0 atom stereocenters. The van der Waals surface area contributed by atoms with Crippen molar-refractivity contribution >= 4 is 22.7 Å². The van der Waals surface area contributed by atoms with Gasteiger partial charge in [0.1, 0.15) is 5.01 Å². The quantitative estimate of drug-likeness (QED) is 0.433. The van der Waals surface area contributed by atoms with Crippen molar-refractivity contribution in [2.45, 2.75) is 0 Å². The van der Waals surface area contributed by atoms with Crippen molar-refractivity contribution in [1.82, 2.24) is 10.2 Å². The number of aromatic hydroxyl groups is 4. The molecule has 3 aromatic rings. The molecule has 4 N–H and O–H groups in total. The molecule has 7 nitrogen and oxygen atoms in total. The second kappa shape index (κ2) is 5.93. The summed E-state index contributed by atoms with van der Waals surface area (Å²) in [6.07, 6.45) is 1.48. The van der Waals surface area contributed by atoms with Gasteiger partial charge in [0.2, 0.25) is 5.13 Å². The number of hydrogen-bond acceptors (Lipinski definition) is 8. The summed E-state index contributed by atoms with van der Waals surface area (Å²) < 4.78 is 0. The van der Waals surface area contributed by atoms with Gasteiger partial charge in [-0.2, -0.15) is 0 Å². The fourth-order valence-corrected chi connectivity index (χ4v) is 2.48. The zero-order valence-electron chi connectivity index (χ0n) is 11.6. The Morgan fingerprint density at radius 3 is 2.22 bits per heavy atom. The Morgan fingerprint density at radius 1 is 0.826 bits per heavy atom. The fourth-order valence-electron chi connectivity index (χ4n) is 1.79. The van der Waals surface area contributed by atoms with Crippen molar-refractivity contribution in [2.24, 2.45) is 4.99 Å². The van der Waals surface area contributed by atoms with Gasteiger partial charge in [-0.3, -0.25) is 0 Å². The minimum absolute atomic E-state index is 0.201. The van der Waals surface area contributed by atoms with Gasteiger partial charge >= 0.3 is 0 Å². The summed E-state index contributed by atoms with van der Waals surface area (Å²) in [6.45, 7) is 0. The van der Waals surface area contributed by atoms with E-state index in [1.54, 1.807) is 12.1 Å². The number of aliphatic imine (C=N–C) groups is 1. The molecule has 1 heterocycles. The third kappa shape index (κ3) is 3.22. The molecule has 0 fully saturated rings. The van der Waals surface area contributed by atoms with Gasteiger partial charge in [0.15, 0.2) is 23.0 Å². The van der Waals surface area contributed by atoms with E-state index in [2.05, 4.69) is 15.2 Å². The average molecular weight is 329 g/mol. The topological polar surface area (TPSA) is 119 Å². The van der Waals surface area contributed by atoms with Gasteiger partial charge < -0.3 is 20.4 Å². The first kappa shape index (κ1) is 14.8. The molecule has 1 aromatic heterocycles. The van der Waals surface area contributed by atoms with Crippen LogP contribution in [0, 0.1) is 0 Å². The van der Waals surface area contributed by atoms with E-state index >= 15 is 0 Å². The van der Waals surface area contributed by atoms with Gasteiger partial charge in [-0.1, -0.05) is 11.3 Å². The summed E-state index contributed by atoms with van der Waals surface area (Å²) in [7, 11) is 0. The van der Waals surface area contributed by atoms with Gasteiger partial charge in [-0.05, 0) is 42.0 Å². The molecule has 0 unspecified atom stereocenters. The number of benzene rings is 2. The smallest absolute Gasteiger partial charge is 0.231 e. The molecule has 8 heteroatoms. The maximum Gasteiger partial charge on any atom is 0.231 e. The summed E-state index contributed by atoms with van der Waals surface area (Å²) in [6, 6.07) is 8.70. The van der Waals surface area contributed by atoms with Crippen molar-refractivity contribution < 1.29 is 20.4 Å². The Bertz CT molecular complexity index is 892. The van der Waals surface area contributed by atoms with E-state index in [1.165, 1.54) is 41.8 Å². The first-order chi connectivity index (χ1) is 11.0. The van der Waals surface area contributed by atoms with Gasteiger partial charge in [-0.15, -0.1) is 10.2 Å². The summed E-state index contributed by atoms with van der Waals surface area (Å²) in [4.78, 5) is 4.15. The van der Waals surface area contributed by atoms with Gasteiger partial charge in [0, 0.05) is 11.8 Å². The lowest BCUT2D eigenvalue weighted by atomic mass is 10.2. The predicted octanol–water partition coefficient (Wildman–Crippen LogP) is 2.78. The summed E-state index contributed by atoms with van der Waals surface area (Å²) in [5, 5.41) is 46.3. The summed E-state index contributed by atoms with van der Waals surface area (Å²) >= 11 is 1.20. The molecule has 23 heavy (non-hydrogen) atoms. The number of hydrogen-bond donors (Lipinski definition) is 4. The van der Waals surface area contributed by atoms with Crippen molar-refractivity contribution in [3.63, 3.8) is 0 Å². The van der Waals surface area contributed by atoms with Gasteiger partial charge in [0.05, 0.1) is 0 Å². The molecule has 0 bridgehead atoms. The lowest BCUT2D eigenvalue weighted by Crippen LogP contribution is -1.80. The molecule has 2 aromatic carbocycles. The van der Waals surface area contributed by atoms with Crippen LogP contribution in [0.4, 0.5) is 5.13 Å². The van der Waals surface area contributed by atoms with Crippen molar-refractivity contribution in [2.75, 3.05) is 0 Å². The zero-order chi connectivity index (χ0) is 16.4. The van der Waals surface area contributed by atoms with E-state index in [0.29, 0.717) is 21.3 Å². The Labute approximate surface area is 134 Å². The number of phenolic OH excluding ortho intramolecular Hbond substituents is 4. The van der Waals surface area contributed by atoms with E-state index in [1.807, 2.05) is 0 Å². The maximum absolute atomic E-state index is 9.50. The Kier molecular flexibility index (Phi) is 3.82. The minimum atomic E-state index is -0.234. The zero-order valence-corrected chi connectivity index (χ0v) is 12.4. The Morgan fingerprint density at radius 2 is 1.52 bits per heavy atom. The largest absolute Gasteiger partial charge is 0.504 e. The summed E-state index contributed by atoms with van der Waals surface area (Å²) in [5.74, 6) is -0.870. The van der Waals surface area contributed by atoms with E-state index < -0.39 is 0 Å². The average Bonchev–Trinajstić information content (AvgIpc) is 3.00. The Hall–Kier alpha value is -3.13. The highest BCUT2D eigenvalue weighted by atomic mass is 32.1. The molecule has 0 aliphatic rings. The predicted molar refractivity (Wildman–Crippen MR) is 85.7 cm³/mol. The van der Waals surface area contributed by atoms with Crippen molar-refractivity contribution in [3.05, 3.63) is 42.0 Å². The van der Waals surface area contributed by atoms with Crippen LogP contribution in [0.25, 0.3) is 10.6 Å². The first-order valence-electron chi connectivity index (χ1n) is 6.45. The minimum Gasteiger partial charge on any atom is -0.504 e. The van der Waals surface area contributed by atoms with E-state index in [9.17, 15) is 20.4 Å². The van der Waals surface area contributed by atoms with Crippen LogP contribution in [0.2, 0.25) is 0 Å². The van der Waals surface area contributed by atoms with Crippen LogP contribution in [0.15, 0.2) is 41.4 Å². The molecular formula is C15H11N3O4S. The van der Waals surface area contributed by atoms with Gasteiger partial charge in [-0.25, -0.2) is 4.99 Å². The molecule has 3 rings (SSSR count). The molecule has 0 radical (unpaired) electrons. The van der Waals surface area contributed by atoms with Crippen molar-refractivity contribution in [1.29, 1.82) is 0 Å². The van der Waals surface area contributed by atoms with E-state index in [4.69, 9.17) is 0 Å². The van der Waals surface area contributed by atoms with Crippen LogP contribution in [0.1, 0.15) is 5.56 Å². The molecule has 0 saturated heterocycles. The van der Waals surface area contributed by atoms with E-state index in [-0.39, 0.29) is 23.0 Å². The molecule has 0 aliphatic carbocycles. The van der Waals surface area contributed by atoms with Crippen LogP contribution < -0.4 is 0 Å². The molecule has 0 saturated carbocycles. The highest BCUT2D eigenvalue weighted by Gasteiger charge is 2.08. The normalized spacial score (nSPS) is 11.1. The lowest BCUT2D eigenvalue weighted by Gasteiger charge is -1.98. The lowest BCUT2D eigenvalue weighted by molar-refractivity contribution is 0.403. The third-order valence-corrected chi connectivity index (χ3v) is 3.84. The fraction of sp³-hybridized carbons (Fsp3) is 0. The molecule has 116 valence electrons. The number of phenols is 4. The summed E-state index contributed by atoms with van der Waals surface area (Å²) in [5.41, 5.74) is 1.21. The molecule has 0 spiro atoms. The monoisotopic (exact) mass is 329 g/mol. The number of aromatic nitrogens is 2. The molecule has 0 amide bonds. The number of nitrogens with zero attached hydrogens (tertiary/aromatic N) is 3. The van der Waals surface area contributed by atoms with Crippen LogP contribution in [0.5, 0.6) is 23.0 Å². The van der Waals surface area contributed by atoms with Crippen LogP contribution in [0.3, 0.4) is 0 Å². The maximum atomic E-state index is 9.50. The van der Waals surface area contributed by atoms with Crippen LogP contribution >= 0.6 is 11.3 Å². The highest BCUT2D eigenvalue weighted by Crippen LogP contribution is 2.33. The van der Waals surface area contributed by atoms with Crippen LogP contribution in [-0.4, -0.2) is 36.8 Å². The van der Waals surface area contributed by atoms with Crippen LogP contribution in [-0.2, 0) is 0 Å². The second-order valence-corrected chi connectivity index (χ2v) is 5.56. The number of rotatable bonds is 3. The van der Waals surface area contributed by atoms with Gasteiger partial charge in [0.25, 0.3) is 0 Å². The second-order valence-electron chi connectivity index (χ2n) is 4.60. The highest BCUT2D eigenvalue weighted by molar-refractivity contribution is 7.18. The molecular weight excluding hydrogens is 318 g/mol. The SMILES string of the molecule is Oc1ccc(C=Nc2nnc(-c3ccc(O)c(O)c3)s2)cc1O. The standard InChI is InChI=1S/C15H11N3O4S/c19-10-3-1-8(5-12(10)21)7-16-15-18-17-14(23-15)9-2-4-11(20)13(22)6-9/h1-7,19-22H. The Balaban J connectivity index is 1.82.